The third-order valence-electron chi connectivity index (χ3n) is 2.72. The van der Waals surface area contributed by atoms with Crippen molar-refractivity contribution in [1.82, 2.24) is 4.98 Å². The number of aliphatic imine (C=N–C) groups is 1. The van der Waals surface area contributed by atoms with Crippen molar-refractivity contribution in [2.24, 2.45) is 4.99 Å². The zero-order valence-corrected chi connectivity index (χ0v) is 10.8. The standard InChI is InChI=1S/C15H16N2O2/c1-19-15-10-13(2-3-14(15)18)11-17-9-6-12-4-7-16-8-5-12/h2-5,7-8,10-11,18H,6,9H2,1H3. The van der Waals surface area contributed by atoms with Crippen LogP contribution in [0.4, 0.5) is 0 Å². The molecule has 0 atom stereocenters. The number of phenols is 1. The lowest BCUT2D eigenvalue weighted by atomic mass is 10.2. The first-order chi connectivity index (χ1) is 9.29. The van der Waals surface area contributed by atoms with Crippen LogP contribution in [0.2, 0.25) is 0 Å². The number of aromatic hydroxyl groups is 1. The summed E-state index contributed by atoms with van der Waals surface area (Å²) < 4.78 is 5.04. The average Bonchev–Trinajstić information content (AvgIpc) is 2.46. The average molecular weight is 256 g/mol. The minimum Gasteiger partial charge on any atom is -0.504 e. The van der Waals surface area contributed by atoms with Gasteiger partial charge in [0.2, 0.25) is 0 Å². The predicted octanol–water partition coefficient (Wildman–Crippen LogP) is 2.46. The van der Waals surface area contributed by atoms with Crippen LogP contribution in [-0.4, -0.2) is 30.0 Å². The Labute approximate surface area is 112 Å². The number of pyridine rings is 1. The third-order valence-corrected chi connectivity index (χ3v) is 2.72. The number of methoxy groups -OCH3 is 1. The molecule has 4 nitrogen and oxygen atoms in total. The van der Waals surface area contributed by atoms with E-state index in [2.05, 4.69) is 9.98 Å². The summed E-state index contributed by atoms with van der Waals surface area (Å²) in [4.78, 5) is 8.33. The van der Waals surface area contributed by atoms with Gasteiger partial charge in [-0.3, -0.25) is 9.98 Å². The van der Waals surface area contributed by atoms with Crippen LogP contribution in [0.5, 0.6) is 11.5 Å². The fourth-order valence-electron chi connectivity index (χ4n) is 1.69. The predicted molar refractivity (Wildman–Crippen MR) is 75.1 cm³/mol. The van der Waals surface area contributed by atoms with Crippen molar-refractivity contribution < 1.29 is 9.84 Å². The van der Waals surface area contributed by atoms with E-state index in [9.17, 15) is 5.11 Å². The van der Waals surface area contributed by atoms with Gasteiger partial charge in [-0.25, -0.2) is 0 Å². The summed E-state index contributed by atoms with van der Waals surface area (Å²) in [7, 11) is 1.53. The second-order valence-electron chi connectivity index (χ2n) is 4.07. The number of phenolic OH excluding ortho intramolecular Hbond substituents is 1. The normalized spacial score (nSPS) is 10.8. The molecule has 0 bridgehead atoms. The number of ether oxygens (including phenoxy) is 1. The molecule has 0 aliphatic carbocycles. The maximum Gasteiger partial charge on any atom is 0.161 e. The minimum absolute atomic E-state index is 0.136. The van der Waals surface area contributed by atoms with Crippen molar-refractivity contribution in [2.75, 3.05) is 13.7 Å². The zero-order valence-electron chi connectivity index (χ0n) is 10.8. The molecule has 0 radical (unpaired) electrons. The highest BCUT2D eigenvalue weighted by molar-refractivity contribution is 5.80. The van der Waals surface area contributed by atoms with Crippen LogP contribution in [0.3, 0.4) is 0 Å². The fraction of sp³-hybridized carbons (Fsp3) is 0.200. The van der Waals surface area contributed by atoms with Gasteiger partial charge in [0.05, 0.1) is 7.11 Å². The number of benzene rings is 1. The highest BCUT2D eigenvalue weighted by atomic mass is 16.5. The van der Waals surface area contributed by atoms with Gasteiger partial charge >= 0.3 is 0 Å². The lowest BCUT2D eigenvalue weighted by molar-refractivity contribution is 0.373. The molecule has 4 heteroatoms. The fourth-order valence-corrected chi connectivity index (χ4v) is 1.69. The van der Waals surface area contributed by atoms with Gasteiger partial charge in [-0.05, 0) is 47.9 Å². The molecule has 0 saturated carbocycles. The van der Waals surface area contributed by atoms with Gasteiger partial charge < -0.3 is 9.84 Å². The number of hydrogen-bond acceptors (Lipinski definition) is 4. The number of nitrogens with zero attached hydrogens (tertiary/aromatic N) is 2. The monoisotopic (exact) mass is 256 g/mol. The van der Waals surface area contributed by atoms with E-state index in [1.807, 2.05) is 12.1 Å². The largest absolute Gasteiger partial charge is 0.504 e. The maximum absolute atomic E-state index is 9.48. The Balaban J connectivity index is 1.92. The molecule has 2 rings (SSSR count). The van der Waals surface area contributed by atoms with E-state index in [0.717, 1.165) is 12.0 Å². The maximum atomic E-state index is 9.48. The molecule has 0 unspecified atom stereocenters. The van der Waals surface area contributed by atoms with Crippen molar-refractivity contribution in [3.05, 3.63) is 53.9 Å². The van der Waals surface area contributed by atoms with Crippen LogP contribution < -0.4 is 4.74 Å². The Morgan fingerprint density at radius 2 is 2.05 bits per heavy atom. The SMILES string of the molecule is COc1cc(C=NCCc2ccncc2)ccc1O. The molecule has 98 valence electrons. The van der Waals surface area contributed by atoms with E-state index >= 15 is 0 Å². The molecule has 0 amide bonds. The molecule has 1 N–H and O–H groups in total. The Bertz CT molecular complexity index is 553. The van der Waals surface area contributed by atoms with Crippen LogP contribution in [0.15, 0.2) is 47.7 Å². The summed E-state index contributed by atoms with van der Waals surface area (Å²) in [5.41, 5.74) is 2.12. The first-order valence-electron chi connectivity index (χ1n) is 6.05. The molecule has 1 heterocycles. The molecule has 1 aromatic carbocycles. The van der Waals surface area contributed by atoms with Gasteiger partial charge in [0.15, 0.2) is 11.5 Å². The molecule has 19 heavy (non-hydrogen) atoms. The quantitative estimate of drug-likeness (QED) is 0.836. The molecule has 0 aliphatic rings. The summed E-state index contributed by atoms with van der Waals surface area (Å²) in [6.07, 6.45) is 6.23. The van der Waals surface area contributed by atoms with Gasteiger partial charge in [0.25, 0.3) is 0 Å². The molecule has 2 aromatic rings. The minimum atomic E-state index is 0.136. The second kappa shape index (κ2) is 6.54. The van der Waals surface area contributed by atoms with Gasteiger partial charge in [0, 0.05) is 25.2 Å². The Morgan fingerprint density at radius 1 is 1.26 bits per heavy atom. The van der Waals surface area contributed by atoms with Gasteiger partial charge in [-0.15, -0.1) is 0 Å². The van der Waals surface area contributed by atoms with Crippen molar-refractivity contribution in [3.63, 3.8) is 0 Å². The van der Waals surface area contributed by atoms with Crippen LogP contribution in [0.1, 0.15) is 11.1 Å². The molecule has 1 aromatic heterocycles. The van der Waals surface area contributed by atoms with Crippen molar-refractivity contribution in [2.45, 2.75) is 6.42 Å². The van der Waals surface area contributed by atoms with E-state index in [4.69, 9.17) is 4.74 Å². The summed E-state index contributed by atoms with van der Waals surface area (Å²) in [6.45, 7) is 0.715. The summed E-state index contributed by atoms with van der Waals surface area (Å²) in [5.74, 6) is 0.592. The van der Waals surface area contributed by atoms with Crippen molar-refractivity contribution >= 4 is 6.21 Å². The highest BCUT2D eigenvalue weighted by Gasteiger charge is 2.00. The Kier molecular flexibility index (Phi) is 4.50. The van der Waals surface area contributed by atoms with Crippen LogP contribution in [0.25, 0.3) is 0 Å². The molecule has 0 saturated heterocycles. The number of aromatic nitrogens is 1. The zero-order chi connectivity index (χ0) is 13.5. The van der Waals surface area contributed by atoms with E-state index in [-0.39, 0.29) is 5.75 Å². The third kappa shape index (κ3) is 3.81. The molecule has 0 spiro atoms. The Morgan fingerprint density at radius 3 is 2.79 bits per heavy atom. The smallest absolute Gasteiger partial charge is 0.161 e. The van der Waals surface area contributed by atoms with Crippen molar-refractivity contribution in [3.8, 4) is 11.5 Å². The summed E-state index contributed by atoms with van der Waals surface area (Å²) in [6, 6.07) is 9.13. The lowest BCUT2D eigenvalue weighted by Crippen LogP contribution is -1.91. The topological polar surface area (TPSA) is 54.7 Å². The van der Waals surface area contributed by atoms with E-state index in [0.29, 0.717) is 12.3 Å². The van der Waals surface area contributed by atoms with Crippen LogP contribution in [0, 0.1) is 0 Å². The van der Waals surface area contributed by atoms with Gasteiger partial charge in [-0.2, -0.15) is 0 Å². The van der Waals surface area contributed by atoms with E-state index < -0.39 is 0 Å². The summed E-state index contributed by atoms with van der Waals surface area (Å²) >= 11 is 0. The first-order valence-corrected chi connectivity index (χ1v) is 6.05. The lowest BCUT2D eigenvalue weighted by Gasteiger charge is -2.03. The molecule has 0 aliphatic heterocycles. The number of hydrogen-bond donors (Lipinski definition) is 1. The molecular formula is C15H16N2O2. The van der Waals surface area contributed by atoms with Crippen molar-refractivity contribution in [1.29, 1.82) is 0 Å². The molecule has 0 fully saturated rings. The first kappa shape index (κ1) is 13.1. The van der Waals surface area contributed by atoms with Crippen LogP contribution in [-0.2, 0) is 6.42 Å². The van der Waals surface area contributed by atoms with E-state index in [1.165, 1.54) is 12.7 Å². The molecular weight excluding hydrogens is 240 g/mol. The van der Waals surface area contributed by atoms with E-state index in [1.54, 1.807) is 36.8 Å². The highest BCUT2D eigenvalue weighted by Crippen LogP contribution is 2.25. The second-order valence-corrected chi connectivity index (χ2v) is 4.07. The van der Waals surface area contributed by atoms with Gasteiger partial charge in [-0.1, -0.05) is 0 Å². The van der Waals surface area contributed by atoms with Crippen LogP contribution >= 0.6 is 0 Å². The summed E-state index contributed by atoms with van der Waals surface area (Å²) in [5, 5.41) is 9.48. The Hall–Kier alpha value is -2.36. The number of rotatable bonds is 5. The van der Waals surface area contributed by atoms with Gasteiger partial charge in [0.1, 0.15) is 0 Å².